The van der Waals surface area contributed by atoms with E-state index in [1.165, 1.54) is 0 Å². The normalized spacial score (nSPS) is 14.1. The Morgan fingerprint density at radius 1 is 1.00 bits per heavy atom. The SMILES string of the molecule is CC[C@H](NC(=O)c1ccccc1NC(=O)c1ccc(OC)cc1)C(=O)N1CCCC1. The fourth-order valence-electron chi connectivity index (χ4n) is 3.46. The highest BCUT2D eigenvalue weighted by Crippen LogP contribution is 2.19. The van der Waals surface area contributed by atoms with Gasteiger partial charge < -0.3 is 20.3 Å². The van der Waals surface area contributed by atoms with Crippen LogP contribution in [0.5, 0.6) is 5.75 Å². The van der Waals surface area contributed by atoms with Crippen molar-refractivity contribution in [1.29, 1.82) is 0 Å². The molecule has 2 N–H and O–H groups in total. The summed E-state index contributed by atoms with van der Waals surface area (Å²) in [5.41, 5.74) is 1.15. The van der Waals surface area contributed by atoms with E-state index in [4.69, 9.17) is 4.74 Å². The molecule has 3 rings (SSSR count). The van der Waals surface area contributed by atoms with Crippen molar-refractivity contribution in [3.05, 3.63) is 59.7 Å². The molecule has 0 bridgehead atoms. The zero-order valence-corrected chi connectivity index (χ0v) is 17.3. The number of amides is 3. The summed E-state index contributed by atoms with van der Waals surface area (Å²) in [6.07, 6.45) is 2.49. The molecular weight excluding hydrogens is 382 g/mol. The van der Waals surface area contributed by atoms with Crippen LogP contribution in [0.25, 0.3) is 0 Å². The van der Waals surface area contributed by atoms with E-state index in [1.54, 1.807) is 60.5 Å². The summed E-state index contributed by atoms with van der Waals surface area (Å²) >= 11 is 0. The summed E-state index contributed by atoms with van der Waals surface area (Å²) < 4.78 is 5.11. The van der Waals surface area contributed by atoms with Crippen molar-refractivity contribution in [2.75, 3.05) is 25.5 Å². The summed E-state index contributed by atoms with van der Waals surface area (Å²) in [5, 5.41) is 5.62. The number of nitrogens with zero attached hydrogens (tertiary/aromatic N) is 1. The standard InChI is InChI=1S/C23H27N3O4/c1-3-19(23(29)26-14-6-7-15-26)24-22(28)18-8-4-5-9-20(18)25-21(27)16-10-12-17(30-2)13-11-16/h4-5,8-13,19H,3,6-7,14-15H2,1-2H3,(H,24,28)(H,25,27)/t19-/m0/s1. The van der Waals surface area contributed by atoms with Gasteiger partial charge in [0.25, 0.3) is 11.8 Å². The first kappa shape index (κ1) is 21.4. The van der Waals surface area contributed by atoms with Crippen LogP contribution in [0.4, 0.5) is 5.69 Å². The van der Waals surface area contributed by atoms with Crippen molar-refractivity contribution in [2.24, 2.45) is 0 Å². The van der Waals surface area contributed by atoms with Crippen LogP contribution in [0.15, 0.2) is 48.5 Å². The monoisotopic (exact) mass is 409 g/mol. The smallest absolute Gasteiger partial charge is 0.255 e. The number of ether oxygens (including phenoxy) is 1. The first-order chi connectivity index (χ1) is 14.5. The average Bonchev–Trinajstić information content (AvgIpc) is 3.32. The number of carbonyl (C=O) groups excluding carboxylic acids is 3. The van der Waals surface area contributed by atoms with Gasteiger partial charge in [-0.2, -0.15) is 0 Å². The van der Waals surface area contributed by atoms with Gasteiger partial charge in [-0.1, -0.05) is 19.1 Å². The lowest BCUT2D eigenvalue weighted by Crippen LogP contribution is -2.47. The fraction of sp³-hybridized carbons (Fsp3) is 0.348. The maximum atomic E-state index is 12.9. The molecule has 3 amide bonds. The molecule has 0 aliphatic carbocycles. The molecule has 1 saturated heterocycles. The Morgan fingerprint density at radius 2 is 1.67 bits per heavy atom. The van der Waals surface area contributed by atoms with Crippen LogP contribution in [-0.4, -0.2) is 48.9 Å². The molecule has 0 spiro atoms. The Hall–Kier alpha value is -3.35. The Labute approximate surface area is 176 Å². The quantitative estimate of drug-likeness (QED) is 0.736. The predicted octanol–water partition coefficient (Wildman–Crippen LogP) is 3.08. The molecule has 1 atom stereocenters. The van der Waals surface area contributed by atoms with Crippen molar-refractivity contribution in [1.82, 2.24) is 10.2 Å². The number of methoxy groups -OCH3 is 1. The molecule has 1 fully saturated rings. The highest BCUT2D eigenvalue weighted by molar-refractivity contribution is 6.09. The molecular formula is C23H27N3O4. The van der Waals surface area contributed by atoms with Crippen molar-refractivity contribution >= 4 is 23.4 Å². The minimum Gasteiger partial charge on any atom is -0.497 e. The van der Waals surface area contributed by atoms with Gasteiger partial charge in [-0.3, -0.25) is 14.4 Å². The average molecular weight is 409 g/mol. The number of anilines is 1. The van der Waals surface area contributed by atoms with Gasteiger partial charge in [-0.25, -0.2) is 0 Å². The number of rotatable bonds is 7. The highest BCUT2D eigenvalue weighted by Gasteiger charge is 2.27. The van der Waals surface area contributed by atoms with E-state index in [-0.39, 0.29) is 17.7 Å². The fourth-order valence-corrected chi connectivity index (χ4v) is 3.46. The first-order valence-electron chi connectivity index (χ1n) is 10.2. The van der Waals surface area contributed by atoms with E-state index in [1.807, 2.05) is 6.92 Å². The van der Waals surface area contributed by atoms with Crippen LogP contribution in [0.2, 0.25) is 0 Å². The highest BCUT2D eigenvalue weighted by atomic mass is 16.5. The molecule has 30 heavy (non-hydrogen) atoms. The molecule has 1 aliphatic heterocycles. The van der Waals surface area contributed by atoms with Gasteiger partial charge in [-0.15, -0.1) is 0 Å². The van der Waals surface area contributed by atoms with Crippen LogP contribution in [-0.2, 0) is 4.79 Å². The number of carbonyl (C=O) groups is 3. The van der Waals surface area contributed by atoms with E-state index in [9.17, 15) is 14.4 Å². The molecule has 0 radical (unpaired) electrons. The van der Waals surface area contributed by atoms with E-state index in [0.29, 0.717) is 29.0 Å². The summed E-state index contributed by atoms with van der Waals surface area (Å²) in [5.74, 6) is -0.124. The summed E-state index contributed by atoms with van der Waals surface area (Å²) in [7, 11) is 1.56. The minimum absolute atomic E-state index is 0.0527. The van der Waals surface area contributed by atoms with Crippen LogP contribution < -0.4 is 15.4 Å². The Bertz CT molecular complexity index is 905. The minimum atomic E-state index is -0.582. The van der Waals surface area contributed by atoms with Gasteiger partial charge in [-0.05, 0) is 55.7 Å². The lowest BCUT2D eigenvalue weighted by molar-refractivity contribution is -0.132. The van der Waals surface area contributed by atoms with Crippen molar-refractivity contribution in [2.45, 2.75) is 32.2 Å². The lowest BCUT2D eigenvalue weighted by atomic mass is 10.1. The second-order valence-electron chi connectivity index (χ2n) is 7.19. The number of para-hydroxylation sites is 1. The molecule has 1 heterocycles. The van der Waals surface area contributed by atoms with Crippen molar-refractivity contribution in [3.63, 3.8) is 0 Å². The summed E-state index contributed by atoms with van der Waals surface area (Å²) in [4.78, 5) is 40.0. The van der Waals surface area contributed by atoms with Gasteiger partial charge in [0, 0.05) is 18.7 Å². The third-order valence-electron chi connectivity index (χ3n) is 5.20. The molecule has 0 unspecified atom stereocenters. The van der Waals surface area contributed by atoms with Crippen molar-refractivity contribution in [3.8, 4) is 5.75 Å². The number of nitrogens with one attached hydrogen (secondary N) is 2. The number of likely N-dealkylation sites (tertiary alicyclic amines) is 1. The Morgan fingerprint density at radius 3 is 2.30 bits per heavy atom. The lowest BCUT2D eigenvalue weighted by Gasteiger charge is -2.23. The molecule has 2 aromatic rings. The molecule has 7 heteroatoms. The zero-order chi connectivity index (χ0) is 21.5. The maximum absolute atomic E-state index is 12.9. The van der Waals surface area contributed by atoms with E-state index >= 15 is 0 Å². The van der Waals surface area contributed by atoms with E-state index in [2.05, 4.69) is 10.6 Å². The van der Waals surface area contributed by atoms with Gasteiger partial charge in [0.05, 0.1) is 18.4 Å². The number of hydrogen-bond acceptors (Lipinski definition) is 4. The molecule has 1 aliphatic rings. The largest absolute Gasteiger partial charge is 0.497 e. The van der Waals surface area contributed by atoms with Crippen LogP contribution in [0.3, 0.4) is 0 Å². The third-order valence-corrected chi connectivity index (χ3v) is 5.20. The van der Waals surface area contributed by atoms with Crippen LogP contribution >= 0.6 is 0 Å². The van der Waals surface area contributed by atoms with E-state index in [0.717, 1.165) is 25.9 Å². The molecule has 2 aromatic carbocycles. The van der Waals surface area contributed by atoms with E-state index < -0.39 is 6.04 Å². The summed E-state index contributed by atoms with van der Waals surface area (Å²) in [6.45, 7) is 3.34. The predicted molar refractivity (Wildman–Crippen MR) is 115 cm³/mol. The molecule has 7 nitrogen and oxygen atoms in total. The molecule has 0 aromatic heterocycles. The first-order valence-corrected chi connectivity index (χ1v) is 10.2. The maximum Gasteiger partial charge on any atom is 0.255 e. The second-order valence-corrected chi connectivity index (χ2v) is 7.19. The zero-order valence-electron chi connectivity index (χ0n) is 17.3. The van der Waals surface area contributed by atoms with Gasteiger partial charge in [0.15, 0.2) is 0 Å². The topological polar surface area (TPSA) is 87.7 Å². The Kier molecular flexibility index (Phi) is 7.06. The van der Waals surface area contributed by atoms with Gasteiger partial charge in [0.1, 0.15) is 11.8 Å². The second kappa shape index (κ2) is 9.91. The molecule has 0 saturated carbocycles. The van der Waals surface area contributed by atoms with Gasteiger partial charge in [0.2, 0.25) is 5.91 Å². The number of benzene rings is 2. The van der Waals surface area contributed by atoms with Crippen LogP contribution in [0, 0.1) is 0 Å². The third kappa shape index (κ3) is 4.97. The Balaban J connectivity index is 1.72. The number of hydrogen-bond donors (Lipinski definition) is 2. The van der Waals surface area contributed by atoms with Crippen LogP contribution in [0.1, 0.15) is 46.9 Å². The molecule has 158 valence electrons. The van der Waals surface area contributed by atoms with Gasteiger partial charge >= 0.3 is 0 Å². The van der Waals surface area contributed by atoms with Crippen molar-refractivity contribution < 1.29 is 19.1 Å². The summed E-state index contributed by atoms with van der Waals surface area (Å²) in [6, 6.07) is 12.9.